The number of nitrogens with zero attached hydrogens (tertiary/aromatic N) is 1. The molecule has 1 saturated heterocycles. The van der Waals surface area contributed by atoms with Crippen molar-refractivity contribution in [3.8, 4) is 11.5 Å². The summed E-state index contributed by atoms with van der Waals surface area (Å²) in [6.45, 7) is 14.6. The number of amides is 1. The van der Waals surface area contributed by atoms with E-state index in [1.54, 1.807) is 4.90 Å². The molecule has 1 aliphatic heterocycles. The summed E-state index contributed by atoms with van der Waals surface area (Å²) in [4.78, 5) is 13.9. The van der Waals surface area contributed by atoms with Crippen molar-refractivity contribution in [3.63, 3.8) is 0 Å². The van der Waals surface area contributed by atoms with Crippen LogP contribution >= 0.6 is 0 Å². The van der Waals surface area contributed by atoms with Crippen molar-refractivity contribution >= 4 is 14.2 Å². The minimum atomic E-state index is -1.53. The predicted molar refractivity (Wildman–Crippen MR) is 87.6 cm³/mol. The molecule has 1 rings (SSSR count). The van der Waals surface area contributed by atoms with Gasteiger partial charge in [-0.1, -0.05) is 32.5 Å². The fourth-order valence-corrected chi connectivity index (χ4v) is 2.88. The van der Waals surface area contributed by atoms with Gasteiger partial charge in [-0.3, -0.25) is 0 Å². The highest BCUT2D eigenvalue weighted by molar-refractivity contribution is 6.83. The van der Waals surface area contributed by atoms with Crippen molar-refractivity contribution in [1.29, 1.82) is 0 Å². The Bertz CT molecular complexity index is 439. The van der Waals surface area contributed by atoms with E-state index in [0.29, 0.717) is 12.5 Å². The minimum absolute atomic E-state index is 0.265. The van der Waals surface area contributed by atoms with Gasteiger partial charge in [-0.15, -0.1) is 5.54 Å². The third-order valence-electron chi connectivity index (χ3n) is 3.14. The Morgan fingerprint density at radius 1 is 1.38 bits per heavy atom. The van der Waals surface area contributed by atoms with Crippen LogP contribution in [0.25, 0.3) is 0 Å². The molecule has 0 bridgehead atoms. The summed E-state index contributed by atoms with van der Waals surface area (Å²) < 4.78 is 5.43. The molecule has 0 aromatic rings. The van der Waals surface area contributed by atoms with Crippen LogP contribution in [-0.4, -0.2) is 48.5 Å². The number of hydrogen-bond acceptors (Lipinski definition) is 3. The Morgan fingerprint density at radius 3 is 2.43 bits per heavy atom. The van der Waals surface area contributed by atoms with Crippen LogP contribution in [0, 0.1) is 17.4 Å². The van der Waals surface area contributed by atoms with E-state index in [4.69, 9.17) is 4.74 Å². The molecule has 1 heterocycles. The van der Waals surface area contributed by atoms with E-state index >= 15 is 0 Å². The molecule has 1 N–H and O–H groups in total. The summed E-state index contributed by atoms with van der Waals surface area (Å²) in [6, 6.07) is -0.265. The molecule has 120 valence electrons. The molecule has 1 aliphatic rings. The third kappa shape index (κ3) is 6.11. The fourth-order valence-electron chi connectivity index (χ4n) is 2.30. The predicted octanol–water partition coefficient (Wildman–Crippen LogP) is 2.87. The van der Waals surface area contributed by atoms with Gasteiger partial charge in [0.05, 0.1) is 6.04 Å². The number of aliphatic hydroxyl groups excluding tert-OH is 1. The highest BCUT2D eigenvalue weighted by Gasteiger charge is 2.39. The first-order valence-electron chi connectivity index (χ1n) is 7.59. The van der Waals surface area contributed by atoms with Gasteiger partial charge in [-0.2, -0.15) is 0 Å². The van der Waals surface area contributed by atoms with Gasteiger partial charge in [-0.05, 0) is 33.1 Å². The fraction of sp³-hybridized carbons (Fsp3) is 0.812. The Morgan fingerprint density at radius 2 is 1.95 bits per heavy atom. The second-order valence-electron chi connectivity index (χ2n) is 8.01. The summed E-state index contributed by atoms with van der Waals surface area (Å²) in [5.41, 5.74) is 2.66. The molecule has 1 fully saturated rings. The van der Waals surface area contributed by atoms with Gasteiger partial charge in [0, 0.05) is 6.54 Å². The van der Waals surface area contributed by atoms with Gasteiger partial charge in [0.2, 0.25) is 0 Å². The van der Waals surface area contributed by atoms with Gasteiger partial charge >= 0.3 is 6.09 Å². The summed E-state index contributed by atoms with van der Waals surface area (Å²) >= 11 is 0. The molecular weight excluding hydrogens is 282 g/mol. The maximum absolute atomic E-state index is 12.3. The standard InChI is InChI=1S/C16H29NO3Si/c1-12-10-13(14(18)8-9-21(5,6)7)17(11-12)15(19)20-16(2,3)4/h12-14,18H,10-11H2,1-7H3/t12-,13+,14?/m1/s1. The van der Waals surface area contributed by atoms with Crippen molar-refractivity contribution in [3.05, 3.63) is 0 Å². The first-order chi connectivity index (χ1) is 9.39. The molecule has 1 amide bonds. The van der Waals surface area contributed by atoms with Crippen molar-refractivity contribution < 1.29 is 14.6 Å². The number of carbonyl (C=O) groups is 1. The van der Waals surface area contributed by atoms with Gasteiger partial charge in [0.25, 0.3) is 0 Å². The molecule has 0 saturated carbocycles. The second kappa shape index (κ2) is 6.41. The molecule has 0 aromatic carbocycles. The summed E-state index contributed by atoms with van der Waals surface area (Å²) in [5.74, 6) is 3.30. The maximum atomic E-state index is 12.3. The largest absolute Gasteiger partial charge is 0.444 e. The van der Waals surface area contributed by atoms with Crippen LogP contribution in [0.3, 0.4) is 0 Å². The average molecular weight is 311 g/mol. The van der Waals surface area contributed by atoms with E-state index in [1.807, 2.05) is 20.8 Å². The average Bonchev–Trinajstić information content (AvgIpc) is 2.65. The number of ether oxygens (including phenoxy) is 1. The molecule has 1 unspecified atom stereocenters. The quantitative estimate of drug-likeness (QED) is 0.598. The van der Waals surface area contributed by atoms with E-state index in [2.05, 4.69) is 38.0 Å². The van der Waals surface area contributed by atoms with Crippen LogP contribution in [0.5, 0.6) is 0 Å². The molecule has 4 nitrogen and oxygen atoms in total. The molecule has 0 radical (unpaired) electrons. The van der Waals surface area contributed by atoms with Crippen LogP contribution in [0.2, 0.25) is 19.6 Å². The molecular formula is C16H29NO3Si. The smallest absolute Gasteiger partial charge is 0.410 e. The monoisotopic (exact) mass is 311 g/mol. The Labute approximate surface area is 129 Å². The van der Waals surface area contributed by atoms with E-state index in [-0.39, 0.29) is 12.1 Å². The zero-order chi connectivity index (χ0) is 16.4. The first-order valence-corrected chi connectivity index (χ1v) is 11.1. The summed E-state index contributed by atoms with van der Waals surface area (Å²) in [7, 11) is -1.53. The van der Waals surface area contributed by atoms with Crippen molar-refractivity contribution in [2.45, 2.75) is 71.5 Å². The van der Waals surface area contributed by atoms with Crippen LogP contribution in [-0.2, 0) is 4.74 Å². The van der Waals surface area contributed by atoms with E-state index < -0.39 is 19.8 Å². The Balaban J connectivity index is 2.83. The zero-order valence-corrected chi connectivity index (χ0v) is 15.4. The third-order valence-corrected chi connectivity index (χ3v) is 4.03. The van der Waals surface area contributed by atoms with Crippen LogP contribution in [0.1, 0.15) is 34.1 Å². The van der Waals surface area contributed by atoms with E-state index in [0.717, 1.165) is 6.42 Å². The highest BCUT2D eigenvalue weighted by Crippen LogP contribution is 2.27. The van der Waals surface area contributed by atoms with Crippen LogP contribution in [0.4, 0.5) is 4.79 Å². The zero-order valence-electron chi connectivity index (χ0n) is 14.4. The lowest BCUT2D eigenvalue weighted by Gasteiger charge is -2.29. The SMILES string of the molecule is C[C@@H]1C[C@@H](C(O)C#C[Si](C)(C)C)N(C(=O)OC(C)(C)C)C1. The Kier molecular flexibility index (Phi) is 5.51. The molecule has 0 spiro atoms. The molecule has 0 aromatic heterocycles. The second-order valence-corrected chi connectivity index (χ2v) is 12.8. The van der Waals surface area contributed by atoms with Gasteiger partial charge in [0.1, 0.15) is 19.8 Å². The lowest BCUT2D eigenvalue weighted by molar-refractivity contribution is 0.0121. The first kappa shape index (κ1) is 18.1. The topological polar surface area (TPSA) is 49.8 Å². The van der Waals surface area contributed by atoms with Crippen molar-refractivity contribution in [2.75, 3.05) is 6.54 Å². The molecule has 21 heavy (non-hydrogen) atoms. The highest BCUT2D eigenvalue weighted by atomic mass is 28.3. The van der Waals surface area contributed by atoms with Crippen LogP contribution in [0.15, 0.2) is 0 Å². The molecule has 3 atom stereocenters. The van der Waals surface area contributed by atoms with E-state index in [9.17, 15) is 9.90 Å². The minimum Gasteiger partial charge on any atom is -0.444 e. The summed E-state index contributed by atoms with van der Waals surface area (Å²) in [6.07, 6.45) is -0.388. The summed E-state index contributed by atoms with van der Waals surface area (Å²) in [5, 5.41) is 10.3. The number of rotatable bonds is 1. The van der Waals surface area contributed by atoms with Crippen LogP contribution < -0.4 is 0 Å². The van der Waals surface area contributed by atoms with Crippen molar-refractivity contribution in [2.24, 2.45) is 5.92 Å². The molecule has 5 heteroatoms. The lowest BCUT2D eigenvalue weighted by Crippen LogP contribution is -2.44. The molecule has 0 aliphatic carbocycles. The van der Waals surface area contributed by atoms with Crippen molar-refractivity contribution in [1.82, 2.24) is 4.90 Å². The maximum Gasteiger partial charge on any atom is 0.410 e. The van der Waals surface area contributed by atoms with Gasteiger partial charge in [-0.25, -0.2) is 4.79 Å². The Hall–Kier alpha value is -0.993. The normalized spacial score (nSPS) is 24.3. The van der Waals surface area contributed by atoms with E-state index in [1.165, 1.54) is 0 Å². The number of likely N-dealkylation sites (tertiary alicyclic amines) is 1. The number of hydrogen-bond donors (Lipinski definition) is 1. The number of aliphatic hydroxyl groups is 1. The van der Waals surface area contributed by atoms with Gasteiger partial charge < -0.3 is 14.7 Å². The lowest BCUT2D eigenvalue weighted by atomic mass is 10.0. The number of carbonyl (C=O) groups excluding carboxylic acids is 1. The van der Waals surface area contributed by atoms with Gasteiger partial charge in [0.15, 0.2) is 0 Å².